The van der Waals surface area contributed by atoms with Gasteiger partial charge in [0.25, 0.3) is 0 Å². The molecule has 3 rings (SSSR count). The quantitative estimate of drug-likeness (QED) is 0.701. The average molecular weight is 343 g/mol. The van der Waals surface area contributed by atoms with Crippen LogP contribution in [-0.2, 0) is 11.2 Å². The van der Waals surface area contributed by atoms with Crippen molar-refractivity contribution in [2.45, 2.75) is 20.3 Å². The molecular formula is C17H15ClN4O2. The lowest BCUT2D eigenvalue weighted by Gasteiger charge is -2.01. The number of hydrogen-bond acceptors (Lipinski definition) is 4. The molecule has 0 unspecified atom stereocenters. The Hall–Kier alpha value is -2.73. The number of rotatable bonds is 4. The lowest BCUT2D eigenvalue weighted by atomic mass is 10.2. The number of halogens is 1. The maximum Gasteiger partial charge on any atom is 0.309 e. The maximum atomic E-state index is 11.1. The van der Waals surface area contributed by atoms with E-state index in [4.69, 9.17) is 16.7 Å². The molecular weight excluding hydrogens is 328 g/mol. The van der Waals surface area contributed by atoms with Crippen LogP contribution in [-0.4, -0.2) is 20.5 Å². The van der Waals surface area contributed by atoms with Gasteiger partial charge in [-0.2, -0.15) is 0 Å². The molecule has 122 valence electrons. The van der Waals surface area contributed by atoms with Gasteiger partial charge in [0.1, 0.15) is 5.65 Å². The smallest absolute Gasteiger partial charge is 0.309 e. The standard InChI is InChI=1S/C17H15ClN4O2/c1-10-5-6-22-15(7-10)19-14(9-16(23)24)17(22)21-20-13-4-3-12(18)8-11(13)2/h3-8H,9H2,1-2H3,(H,23,24). The summed E-state index contributed by atoms with van der Waals surface area (Å²) >= 11 is 5.94. The number of pyridine rings is 1. The Balaban J connectivity index is 2.09. The molecule has 0 aliphatic heterocycles. The van der Waals surface area contributed by atoms with Gasteiger partial charge in [-0.05, 0) is 55.3 Å². The molecule has 1 N–H and O–H groups in total. The molecule has 0 atom stereocenters. The summed E-state index contributed by atoms with van der Waals surface area (Å²) in [6.07, 6.45) is 1.60. The van der Waals surface area contributed by atoms with E-state index >= 15 is 0 Å². The molecule has 0 aliphatic carbocycles. The molecule has 0 saturated heterocycles. The first kappa shape index (κ1) is 16.1. The van der Waals surface area contributed by atoms with E-state index in [1.807, 2.05) is 32.2 Å². The van der Waals surface area contributed by atoms with Crippen molar-refractivity contribution in [2.75, 3.05) is 0 Å². The molecule has 24 heavy (non-hydrogen) atoms. The van der Waals surface area contributed by atoms with Gasteiger partial charge < -0.3 is 5.11 Å². The normalized spacial score (nSPS) is 11.5. The summed E-state index contributed by atoms with van der Waals surface area (Å²) in [4.78, 5) is 15.5. The molecule has 0 fully saturated rings. The SMILES string of the molecule is Cc1ccn2c(N=Nc3ccc(Cl)cc3C)c(CC(=O)O)nc2c1. The van der Waals surface area contributed by atoms with Crippen LogP contribution < -0.4 is 0 Å². The molecule has 0 bridgehead atoms. The fourth-order valence-corrected chi connectivity index (χ4v) is 2.61. The molecule has 2 aromatic heterocycles. The Morgan fingerprint density at radius 2 is 2.04 bits per heavy atom. The number of carboxylic acids is 1. The van der Waals surface area contributed by atoms with Crippen LogP contribution in [0.4, 0.5) is 11.5 Å². The van der Waals surface area contributed by atoms with E-state index in [0.717, 1.165) is 11.1 Å². The lowest BCUT2D eigenvalue weighted by molar-refractivity contribution is -0.136. The van der Waals surface area contributed by atoms with Crippen molar-refractivity contribution in [3.63, 3.8) is 0 Å². The van der Waals surface area contributed by atoms with Gasteiger partial charge in [-0.3, -0.25) is 9.20 Å². The van der Waals surface area contributed by atoms with Crippen LogP contribution in [0.5, 0.6) is 0 Å². The predicted octanol–water partition coefficient (Wildman–Crippen LogP) is 4.65. The van der Waals surface area contributed by atoms with Gasteiger partial charge in [-0.15, -0.1) is 10.2 Å². The van der Waals surface area contributed by atoms with Gasteiger partial charge in [0.15, 0.2) is 5.82 Å². The van der Waals surface area contributed by atoms with E-state index in [1.54, 1.807) is 22.6 Å². The van der Waals surface area contributed by atoms with E-state index in [0.29, 0.717) is 27.9 Å². The largest absolute Gasteiger partial charge is 0.481 e. The third-order valence-corrected chi connectivity index (χ3v) is 3.79. The monoisotopic (exact) mass is 342 g/mol. The van der Waals surface area contributed by atoms with Crippen molar-refractivity contribution >= 4 is 34.7 Å². The molecule has 0 radical (unpaired) electrons. The highest BCUT2D eigenvalue weighted by atomic mass is 35.5. The number of imidazole rings is 1. The van der Waals surface area contributed by atoms with Crippen LogP contribution in [0, 0.1) is 13.8 Å². The number of carboxylic acid groups (broad SMARTS) is 1. The molecule has 0 spiro atoms. The minimum atomic E-state index is -0.964. The third kappa shape index (κ3) is 3.28. The van der Waals surface area contributed by atoms with E-state index in [-0.39, 0.29) is 6.42 Å². The summed E-state index contributed by atoms with van der Waals surface area (Å²) in [6, 6.07) is 9.08. The molecule has 3 aromatic rings. The maximum absolute atomic E-state index is 11.1. The van der Waals surface area contributed by atoms with Gasteiger partial charge in [0, 0.05) is 11.2 Å². The summed E-state index contributed by atoms with van der Waals surface area (Å²) in [5.74, 6) is -0.545. The number of fused-ring (bicyclic) bond motifs is 1. The second-order valence-electron chi connectivity index (χ2n) is 5.52. The van der Waals surface area contributed by atoms with Gasteiger partial charge in [0.05, 0.1) is 17.8 Å². The van der Waals surface area contributed by atoms with Crippen LogP contribution in [0.1, 0.15) is 16.8 Å². The number of hydrogen-bond donors (Lipinski definition) is 1. The van der Waals surface area contributed by atoms with Crippen LogP contribution in [0.3, 0.4) is 0 Å². The summed E-state index contributed by atoms with van der Waals surface area (Å²) < 4.78 is 1.74. The van der Waals surface area contributed by atoms with E-state index in [2.05, 4.69) is 15.2 Å². The second-order valence-corrected chi connectivity index (χ2v) is 5.95. The molecule has 0 saturated carbocycles. The molecule has 2 heterocycles. The molecule has 1 aromatic carbocycles. The van der Waals surface area contributed by atoms with Gasteiger partial charge in [-0.25, -0.2) is 4.98 Å². The highest BCUT2D eigenvalue weighted by Crippen LogP contribution is 2.27. The average Bonchev–Trinajstić information content (AvgIpc) is 2.82. The van der Waals surface area contributed by atoms with Crippen molar-refractivity contribution in [3.8, 4) is 0 Å². The molecule has 0 amide bonds. The highest BCUT2D eigenvalue weighted by Gasteiger charge is 2.15. The number of aliphatic carboxylic acids is 1. The predicted molar refractivity (Wildman–Crippen MR) is 91.6 cm³/mol. The van der Waals surface area contributed by atoms with Crippen LogP contribution in [0.25, 0.3) is 5.65 Å². The van der Waals surface area contributed by atoms with Crippen LogP contribution in [0.2, 0.25) is 5.02 Å². The first-order valence-corrected chi connectivity index (χ1v) is 7.69. The Kier molecular flexibility index (Phi) is 4.31. The number of carbonyl (C=O) groups is 1. The van der Waals surface area contributed by atoms with Crippen LogP contribution >= 0.6 is 11.6 Å². The topological polar surface area (TPSA) is 79.3 Å². The van der Waals surface area contributed by atoms with Crippen LogP contribution in [0.15, 0.2) is 46.8 Å². The Morgan fingerprint density at radius 1 is 1.25 bits per heavy atom. The van der Waals surface area contributed by atoms with Crippen molar-refractivity contribution in [3.05, 3.63) is 58.4 Å². The Bertz CT molecular complexity index is 963. The Morgan fingerprint density at radius 3 is 2.75 bits per heavy atom. The number of nitrogens with zero attached hydrogens (tertiary/aromatic N) is 4. The zero-order chi connectivity index (χ0) is 17.3. The first-order chi connectivity index (χ1) is 11.4. The zero-order valence-corrected chi connectivity index (χ0v) is 13.9. The summed E-state index contributed by atoms with van der Waals surface area (Å²) in [6.45, 7) is 3.83. The fraction of sp³-hybridized carbons (Fsp3) is 0.176. The summed E-state index contributed by atoms with van der Waals surface area (Å²) in [5, 5.41) is 18.2. The summed E-state index contributed by atoms with van der Waals surface area (Å²) in [7, 11) is 0. The Labute approximate surface area is 143 Å². The molecule has 0 aliphatic rings. The van der Waals surface area contributed by atoms with Crippen molar-refractivity contribution in [1.82, 2.24) is 9.38 Å². The summed E-state index contributed by atoms with van der Waals surface area (Å²) in [5.41, 5.74) is 3.61. The van der Waals surface area contributed by atoms with E-state index < -0.39 is 5.97 Å². The minimum Gasteiger partial charge on any atom is -0.481 e. The van der Waals surface area contributed by atoms with Gasteiger partial charge >= 0.3 is 5.97 Å². The number of azo groups is 1. The van der Waals surface area contributed by atoms with E-state index in [9.17, 15) is 4.79 Å². The van der Waals surface area contributed by atoms with Gasteiger partial charge in [-0.1, -0.05) is 11.6 Å². The molecule has 7 heteroatoms. The number of aromatic nitrogens is 2. The minimum absolute atomic E-state index is 0.214. The van der Waals surface area contributed by atoms with Crippen molar-refractivity contribution in [1.29, 1.82) is 0 Å². The molecule has 6 nitrogen and oxygen atoms in total. The number of benzene rings is 1. The lowest BCUT2D eigenvalue weighted by Crippen LogP contribution is -2.00. The highest BCUT2D eigenvalue weighted by molar-refractivity contribution is 6.30. The van der Waals surface area contributed by atoms with E-state index in [1.165, 1.54) is 0 Å². The second kappa shape index (κ2) is 6.41. The third-order valence-electron chi connectivity index (χ3n) is 3.56. The first-order valence-electron chi connectivity index (χ1n) is 7.31. The van der Waals surface area contributed by atoms with Crippen molar-refractivity contribution < 1.29 is 9.90 Å². The zero-order valence-electron chi connectivity index (χ0n) is 13.2. The van der Waals surface area contributed by atoms with Gasteiger partial charge in [0.2, 0.25) is 0 Å². The fourth-order valence-electron chi connectivity index (χ4n) is 2.38. The number of aryl methyl sites for hydroxylation is 2. The van der Waals surface area contributed by atoms with Crippen molar-refractivity contribution in [2.24, 2.45) is 10.2 Å².